The van der Waals surface area contributed by atoms with Gasteiger partial charge in [-0.25, -0.2) is 0 Å². The largest absolute Gasteiger partial charge is 0.507 e. The first-order valence-corrected chi connectivity index (χ1v) is 9.35. The van der Waals surface area contributed by atoms with E-state index < -0.39 is 22.7 Å². The zero-order valence-electron chi connectivity index (χ0n) is 16.9. The van der Waals surface area contributed by atoms with Gasteiger partial charge in [0.1, 0.15) is 5.76 Å². The highest BCUT2D eigenvalue weighted by atomic mass is 16.6. The minimum atomic E-state index is -0.958. The second kappa shape index (κ2) is 8.46. The van der Waals surface area contributed by atoms with Crippen LogP contribution in [0.15, 0.2) is 48.0 Å². The molecule has 1 heterocycles. The fourth-order valence-corrected chi connectivity index (χ4v) is 3.59. The molecule has 0 bridgehead atoms. The number of carbonyl (C=O) groups excluding carboxylic acids is 2. The smallest absolute Gasteiger partial charge is 0.295 e. The van der Waals surface area contributed by atoms with Gasteiger partial charge in [0.2, 0.25) is 0 Å². The lowest BCUT2D eigenvalue weighted by Crippen LogP contribution is -2.32. The molecule has 0 aromatic heterocycles. The van der Waals surface area contributed by atoms with Crippen LogP contribution in [0.2, 0.25) is 0 Å². The minimum Gasteiger partial charge on any atom is -0.507 e. The fourth-order valence-electron chi connectivity index (χ4n) is 3.59. The van der Waals surface area contributed by atoms with E-state index in [2.05, 4.69) is 0 Å². The van der Waals surface area contributed by atoms with Crippen LogP contribution in [0.5, 0.6) is 0 Å². The van der Waals surface area contributed by atoms with Gasteiger partial charge in [0.05, 0.1) is 23.1 Å². The van der Waals surface area contributed by atoms with Crippen LogP contribution >= 0.6 is 0 Å². The average molecular weight is 410 g/mol. The Kier molecular flexibility index (Phi) is 5.98. The van der Waals surface area contributed by atoms with E-state index in [4.69, 9.17) is 4.74 Å². The number of amides is 1. The van der Waals surface area contributed by atoms with Crippen LogP contribution in [0, 0.1) is 24.0 Å². The number of ether oxygens (including phenoxy) is 1. The molecule has 1 aliphatic heterocycles. The molecule has 8 nitrogen and oxygen atoms in total. The highest BCUT2D eigenvalue weighted by Gasteiger charge is 2.46. The molecule has 1 saturated heterocycles. The molecule has 0 spiro atoms. The molecular formula is C22H22N2O6. The van der Waals surface area contributed by atoms with Crippen LogP contribution in [0.1, 0.15) is 28.3 Å². The van der Waals surface area contributed by atoms with Crippen molar-refractivity contribution in [2.75, 3.05) is 20.3 Å². The number of nitrogens with zero attached hydrogens (tertiary/aromatic N) is 2. The molecule has 156 valence electrons. The van der Waals surface area contributed by atoms with Gasteiger partial charge in [-0.15, -0.1) is 0 Å². The summed E-state index contributed by atoms with van der Waals surface area (Å²) < 4.78 is 5.06. The van der Waals surface area contributed by atoms with Crippen molar-refractivity contribution in [3.63, 3.8) is 0 Å². The van der Waals surface area contributed by atoms with Gasteiger partial charge >= 0.3 is 0 Å². The number of ketones is 1. The Balaban J connectivity index is 2.24. The first-order valence-electron chi connectivity index (χ1n) is 9.35. The molecule has 8 heteroatoms. The first kappa shape index (κ1) is 21.2. The molecule has 1 fully saturated rings. The Morgan fingerprint density at radius 1 is 1.20 bits per heavy atom. The number of nitro benzene ring substituents is 1. The number of aryl methyl sites for hydroxylation is 2. The number of hydrogen-bond donors (Lipinski definition) is 1. The number of Topliss-reactive ketones (excluding diaryl/α,β-unsaturated/α-hetero) is 1. The van der Waals surface area contributed by atoms with Crippen LogP contribution in [0.3, 0.4) is 0 Å². The SMILES string of the molecule is COCCN1C(=O)C(=O)C(=C(O)c2cc(C)ccc2C)C1c1cccc([N+](=O)[O-])c1. The molecule has 1 amide bonds. The number of benzene rings is 2. The predicted octanol–water partition coefficient (Wildman–Crippen LogP) is 3.28. The van der Waals surface area contributed by atoms with Gasteiger partial charge in [-0.2, -0.15) is 0 Å². The summed E-state index contributed by atoms with van der Waals surface area (Å²) in [6, 6.07) is 10.2. The summed E-state index contributed by atoms with van der Waals surface area (Å²) in [7, 11) is 1.47. The summed E-state index contributed by atoms with van der Waals surface area (Å²) in [5.41, 5.74) is 2.16. The van der Waals surface area contributed by atoms with Gasteiger partial charge in [0.15, 0.2) is 0 Å². The van der Waals surface area contributed by atoms with Gasteiger partial charge in [0.25, 0.3) is 17.4 Å². The third kappa shape index (κ3) is 3.81. The monoisotopic (exact) mass is 410 g/mol. The Hall–Kier alpha value is -3.52. The van der Waals surface area contributed by atoms with Gasteiger partial charge in [0, 0.05) is 31.4 Å². The van der Waals surface area contributed by atoms with Crippen LogP contribution in [-0.2, 0) is 14.3 Å². The zero-order chi connectivity index (χ0) is 22.0. The Morgan fingerprint density at radius 3 is 2.60 bits per heavy atom. The molecule has 30 heavy (non-hydrogen) atoms. The van der Waals surface area contributed by atoms with Crippen molar-refractivity contribution >= 4 is 23.1 Å². The summed E-state index contributed by atoms with van der Waals surface area (Å²) in [5, 5.41) is 22.3. The summed E-state index contributed by atoms with van der Waals surface area (Å²) in [6.07, 6.45) is 0. The zero-order valence-corrected chi connectivity index (χ0v) is 16.9. The average Bonchev–Trinajstić information content (AvgIpc) is 2.98. The third-order valence-electron chi connectivity index (χ3n) is 5.12. The quantitative estimate of drug-likeness (QED) is 0.257. The molecule has 1 N–H and O–H groups in total. The van der Waals surface area contributed by atoms with Crippen molar-refractivity contribution in [2.24, 2.45) is 0 Å². The van der Waals surface area contributed by atoms with E-state index in [1.54, 1.807) is 19.1 Å². The fraction of sp³-hybridized carbons (Fsp3) is 0.273. The van der Waals surface area contributed by atoms with Crippen LogP contribution in [0.4, 0.5) is 5.69 Å². The maximum atomic E-state index is 12.9. The van der Waals surface area contributed by atoms with Crippen molar-refractivity contribution in [3.05, 3.63) is 80.4 Å². The number of aliphatic hydroxyl groups is 1. The van der Waals surface area contributed by atoms with E-state index in [-0.39, 0.29) is 30.2 Å². The standard InChI is InChI=1S/C22H22N2O6/c1-13-7-8-14(2)17(11-13)20(25)18-19(15-5-4-6-16(12-15)24(28)29)23(9-10-30-3)22(27)21(18)26/h4-8,11-12,19,25H,9-10H2,1-3H3. The van der Waals surface area contributed by atoms with E-state index in [9.17, 15) is 24.8 Å². The number of non-ortho nitro benzene ring substituents is 1. The van der Waals surface area contributed by atoms with Crippen LogP contribution < -0.4 is 0 Å². The number of carbonyl (C=O) groups is 2. The van der Waals surface area contributed by atoms with Gasteiger partial charge < -0.3 is 14.7 Å². The molecular weight excluding hydrogens is 388 g/mol. The molecule has 2 aromatic carbocycles. The molecule has 3 rings (SSSR count). The Labute approximate surface area is 173 Å². The number of aliphatic hydroxyl groups excluding tert-OH is 1. The van der Waals surface area contributed by atoms with Gasteiger partial charge in [-0.1, -0.05) is 29.8 Å². The number of nitro groups is 1. The van der Waals surface area contributed by atoms with Gasteiger partial charge in [-0.05, 0) is 31.0 Å². The maximum Gasteiger partial charge on any atom is 0.295 e. The maximum absolute atomic E-state index is 12.9. The normalized spacial score (nSPS) is 18.1. The Morgan fingerprint density at radius 2 is 1.93 bits per heavy atom. The number of methoxy groups -OCH3 is 1. The van der Waals surface area contributed by atoms with Crippen LogP contribution in [-0.4, -0.2) is 46.9 Å². The van der Waals surface area contributed by atoms with E-state index in [1.807, 2.05) is 19.1 Å². The lowest BCUT2D eigenvalue weighted by atomic mass is 9.93. The van der Waals surface area contributed by atoms with Crippen molar-refractivity contribution in [3.8, 4) is 0 Å². The van der Waals surface area contributed by atoms with Crippen molar-refractivity contribution in [1.82, 2.24) is 4.90 Å². The van der Waals surface area contributed by atoms with E-state index in [1.165, 1.54) is 30.2 Å². The van der Waals surface area contributed by atoms with Crippen LogP contribution in [0.25, 0.3) is 5.76 Å². The minimum absolute atomic E-state index is 0.0923. The summed E-state index contributed by atoms with van der Waals surface area (Å²) in [4.78, 5) is 37.6. The van der Waals surface area contributed by atoms with Crippen molar-refractivity contribution in [2.45, 2.75) is 19.9 Å². The molecule has 0 radical (unpaired) electrons. The highest BCUT2D eigenvalue weighted by molar-refractivity contribution is 6.46. The molecule has 1 unspecified atom stereocenters. The highest BCUT2D eigenvalue weighted by Crippen LogP contribution is 2.40. The van der Waals surface area contributed by atoms with E-state index in [0.29, 0.717) is 11.1 Å². The second-order valence-corrected chi connectivity index (χ2v) is 7.16. The summed E-state index contributed by atoms with van der Waals surface area (Å²) in [6.45, 7) is 3.91. The first-order chi connectivity index (χ1) is 14.3. The Bertz CT molecular complexity index is 1060. The predicted molar refractivity (Wildman–Crippen MR) is 110 cm³/mol. The lowest BCUT2D eigenvalue weighted by molar-refractivity contribution is -0.384. The van der Waals surface area contributed by atoms with Crippen molar-refractivity contribution < 1.29 is 24.4 Å². The summed E-state index contributed by atoms with van der Waals surface area (Å²) in [5.74, 6) is -1.91. The topological polar surface area (TPSA) is 110 Å². The number of hydrogen-bond acceptors (Lipinski definition) is 6. The van der Waals surface area contributed by atoms with Gasteiger partial charge in [-0.3, -0.25) is 19.7 Å². The molecule has 0 saturated carbocycles. The van der Waals surface area contributed by atoms with E-state index >= 15 is 0 Å². The van der Waals surface area contributed by atoms with Crippen molar-refractivity contribution in [1.29, 1.82) is 0 Å². The number of rotatable bonds is 6. The molecule has 1 atom stereocenters. The summed E-state index contributed by atoms with van der Waals surface area (Å²) >= 11 is 0. The van der Waals surface area contributed by atoms with E-state index in [0.717, 1.165) is 11.1 Å². The molecule has 1 aliphatic rings. The molecule has 0 aliphatic carbocycles. The third-order valence-corrected chi connectivity index (χ3v) is 5.12. The molecule has 2 aromatic rings. The lowest BCUT2D eigenvalue weighted by Gasteiger charge is -2.25. The number of likely N-dealkylation sites (tertiary alicyclic amines) is 1. The second-order valence-electron chi connectivity index (χ2n) is 7.16.